The van der Waals surface area contributed by atoms with Crippen LogP contribution in [-0.4, -0.2) is 41.1 Å². The number of carbonyl (C=O) groups excluding carboxylic acids is 1. The number of hydrogen-bond acceptors (Lipinski definition) is 3. The van der Waals surface area contributed by atoms with E-state index in [9.17, 15) is 4.79 Å². The van der Waals surface area contributed by atoms with Crippen LogP contribution in [0.2, 0.25) is 0 Å². The van der Waals surface area contributed by atoms with Gasteiger partial charge in [-0.3, -0.25) is 9.20 Å². The van der Waals surface area contributed by atoms with Crippen LogP contribution in [-0.2, 0) is 0 Å². The first-order valence-electron chi connectivity index (χ1n) is 7.67. The number of aryl methyl sites for hydroxylation is 2. The lowest BCUT2D eigenvalue weighted by Gasteiger charge is -2.20. The summed E-state index contributed by atoms with van der Waals surface area (Å²) >= 11 is 0. The number of piperidine rings is 1. The maximum atomic E-state index is 12.5. The third-order valence-corrected chi connectivity index (χ3v) is 4.15. The number of hydrogen-bond donors (Lipinski definition) is 2. The molecule has 0 aliphatic carbocycles. The smallest absolute Gasteiger partial charge is 0.290 e. The molecule has 3 heterocycles. The van der Waals surface area contributed by atoms with Crippen molar-refractivity contribution in [3.05, 3.63) is 35.3 Å². The number of imidazole rings is 1. The van der Waals surface area contributed by atoms with Crippen molar-refractivity contribution in [2.45, 2.75) is 26.7 Å². The molecular formula is C16H22N5O+. The molecule has 1 amide bonds. The van der Waals surface area contributed by atoms with Crippen molar-refractivity contribution in [2.24, 2.45) is 5.10 Å². The van der Waals surface area contributed by atoms with Gasteiger partial charge < -0.3 is 4.90 Å². The number of fused-ring (bicyclic) bond motifs is 1. The Bertz CT molecular complexity index is 736. The van der Waals surface area contributed by atoms with Crippen LogP contribution in [0.4, 0.5) is 0 Å². The number of quaternary nitrogens is 1. The Balaban J connectivity index is 1.82. The summed E-state index contributed by atoms with van der Waals surface area (Å²) in [5.41, 5.74) is 6.92. The second-order valence-corrected chi connectivity index (χ2v) is 6.06. The van der Waals surface area contributed by atoms with Gasteiger partial charge in [0.2, 0.25) is 0 Å². The van der Waals surface area contributed by atoms with Crippen LogP contribution in [0.1, 0.15) is 34.6 Å². The van der Waals surface area contributed by atoms with Gasteiger partial charge in [0.15, 0.2) is 0 Å². The van der Waals surface area contributed by atoms with Gasteiger partial charge in [0.1, 0.15) is 11.3 Å². The monoisotopic (exact) mass is 300 g/mol. The fraction of sp³-hybridized carbons (Fsp3) is 0.438. The highest BCUT2D eigenvalue weighted by atomic mass is 16.2. The van der Waals surface area contributed by atoms with Gasteiger partial charge in [-0.25, -0.2) is 10.4 Å². The van der Waals surface area contributed by atoms with Gasteiger partial charge in [-0.15, -0.1) is 0 Å². The van der Waals surface area contributed by atoms with Crippen LogP contribution in [0.25, 0.3) is 5.65 Å². The minimum Gasteiger partial charge on any atom is -0.337 e. The summed E-state index contributed by atoms with van der Waals surface area (Å²) in [4.78, 5) is 18.4. The lowest BCUT2D eigenvalue weighted by molar-refractivity contribution is -0.880. The molecule has 0 aromatic carbocycles. The molecular weight excluding hydrogens is 278 g/mol. The van der Waals surface area contributed by atoms with E-state index in [-0.39, 0.29) is 5.91 Å². The average molecular weight is 300 g/mol. The summed E-state index contributed by atoms with van der Waals surface area (Å²) in [6, 6.07) is 3.91. The molecule has 0 bridgehead atoms. The number of pyridine rings is 1. The molecule has 0 unspecified atom stereocenters. The van der Waals surface area contributed by atoms with Crippen LogP contribution in [0, 0.1) is 13.8 Å². The second-order valence-electron chi connectivity index (χ2n) is 6.06. The predicted molar refractivity (Wildman–Crippen MR) is 85.4 cm³/mol. The van der Waals surface area contributed by atoms with E-state index in [4.69, 9.17) is 0 Å². The highest BCUT2D eigenvalue weighted by molar-refractivity contribution is 5.96. The lowest BCUT2D eigenvalue weighted by Crippen LogP contribution is -3.10. The Morgan fingerprint density at radius 3 is 2.77 bits per heavy atom. The SMILES string of the molecule is Cc1ccc2nc(C)c(C(=O)NN=C3CC[NH+](C)CC3)n2c1. The maximum absolute atomic E-state index is 12.5. The summed E-state index contributed by atoms with van der Waals surface area (Å²) < 4.78 is 1.83. The van der Waals surface area contributed by atoms with Gasteiger partial charge in [0.25, 0.3) is 5.91 Å². The first-order valence-corrected chi connectivity index (χ1v) is 7.67. The maximum Gasteiger partial charge on any atom is 0.290 e. The van der Waals surface area contributed by atoms with Gasteiger partial charge in [0.05, 0.1) is 25.8 Å². The van der Waals surface area contributed by atoms with Crippen molar-refractivity contribution in [3.63, 3.8) is 0 Å². The van der Waals surface area contributed by atoms with Crippen molar-refractivity contribution in [1.82, 2.24) is 14.8 Å². The Morgan fingerprint density at radius 2 is 2.05 bits per heavy atom. The molecule has 2 aromatic rings. The van der Waals surface area contributed by atoms with E-state index in [0.29, 0.717) is 5.69 Å². The molecule has 2 N–H and O–H groups in total. The van der Waals surface area contributed by atoms with E-state index < -0.39 is 0 Å². The fourth-order valence-electron chi connectivity index (χ4n) is 2.80. The number of aromatic nitrogens is 2. The average Bonchev–Trinajstić information content (AvgIpc) is 2.81. The van der Waals surface area contributed by atoms with Crippen LogP contribution in [0.15, 0.2) is 23.4 Å². The molecule has 0 radical (unpaired) electrons. The highest BCUT2D eigenvalue weighted by Gasteiger charge is 2.18. The van der Waals surface area contributed by atoms with Crippen LogP contribution < -0.4 is 10.3 Å². The summed E-state index contributed by atoms with van der Waals surface area (Å²) in [6.07, 6.45) is 3.81. The summed E-state index contributed by atoms with van der Waals surface area (Å²) in [7, 11) is 2.18. The molecule has 0 saturated carbocycles. The molecule has 6 nitrogen and oxygen atoms in total. The number of amides is 1. The largest absolute Gasteiger partial charge is 0.337 e. The van der Waals surface area contributed by atoms with E-state index in [2.05, 4.69) is 22.6 Å². The lowest BCUT2D eigenvalue weighted by atomic mass is 10.1. The van der Waals surface area contributed by atoms with Crippen molar-refractivity contribution in [2.75, 3.05) is 20.1 Å². The molecule has 6 heteroatoms. The molecule has 1 aliphatic rings. The molecule has 1 aliphatic heterocycles. The topological polar surface area (TPSA) is 63.2 Å². The number of likely N-dealkylation sites (tertiary alicyclic amines) is 1. The predicted octanol–water partition coefficient (Wildman–Crippen LogP) is 0.345. The van der Waals surface area contributed by atoms with Gasteiger partial charge in [-0.1, -0.05) is 6.07 Å². The quantitative estimate of drug-likeness (QED) is 0.786. The van der Waals surface area contributed by atoms with Gasteiger partial charge in [-0.05, 0) is 25.5 Å². The normalized spacial score (nSPS) is 18.5. The van der Waals surface area contributed by atoms with Crippen LogP contribution >= 0.6 is 0 Å². The summed E-state index contributed by atoms with van der Waals surface area (Å²) in [5.74, 6) is -0.200. The number of carbonyl (C=O) groups is 1. The van der Waals surface area contributed by atoms with E-state index in [1.54, 1.807) is 0 Å². The second kappa shape index (κ2) is 5.88. The zero-order valence-corrected chi connectivity index (χ0v) is 13.3. The van der Waals surface area contributed by atoms with E-state index in [1.165, 1.54) is 4.90 Å². The summed E-state index contributed by atoms with van der Waals surface area (Å²) in [6.45, 7) is 5.99. The first kappa shape index (κ1) is 14.7. The van der Waals surface area contributed by atoms with Crippen LogP contribution in [0.3, 0.4) is 0 Å². The van der Waals surface area contributed by atoms with Gasteiger partial charge >= 0.3 is 0 Å². The van der Waals surface area contributed by atoms with Crippen molar-refractivity contribution in [3.8, 4) is 0 Å². The molecule has 2 aromatic heterocycles. The standard InChI is InChI=1S/C16H21N5O/c1-11-4-5-14-17-12(2)15(21(14)10-11)16(22)19-18-13-6-8-20(3)9-7-13/h4-5,10H,6-9H2,1-3H3,(H,19,22)/p+1. The Morgan fingerprint density at radius 1 is 1.32 bits per heavy atom. The van der Waals surface area contributed by atoms with Crippen molar-refractivity contribution >= 4 is 17.3 Å². The Hall–Kier alpha value is -2.21. The minimum absolute atomic E-state index is 0.200. The number of nitrogens with zero attached hydrogens (tertiary/aromatic N) is 3. The Labute approximate surface area is 129 Å². The zero-order chi connectivity index (χ0) is 15.7. The third kappa shape index (κ3) is 2.87. The highest BCUT2D eigenvalue weighted by Crippen LogP contribution is 2.13. The zero-order valence-electron chi connectivity index (χ0n) is 13.3. The van der Waals surface area contributed by atoms with Crippen molar-refractivity contribution in [1.29, 1.82) is 0 Å². The molecule has 0 atom stereocenters. The van der Waals surface area contributed by atoms with Crippen molar-refractivity contribution < 1.29 is 9.69 Å². The molecule has 0 spiro atoms. The minimum atomic E-state index is -0.200. The first-order chi connectivity index (χ1) is 10.5. The third-order valence-electron chi connectivity index (χ3n) is 4.15. The Kier molecular flexibility index (Phi) is 3.94. The number of rotatable bonds is 2. The molecule has 3 rings (SSSR count). The number of nitrogens with one attached hydrogen (secondary N) is 2. The molecule has 1 fully saturated rings. The van der Waals surface area contributed by atoms with Crippen LogP contribution in [0.5, 0.6) is 0 Å². The molecule has 1 saturated heterocycles. The van der Waals surface area contributed by atoms with E-state index in [1.807, 2.05) is 36.6 Å². The molecule has 116 valence electrons. The van der Waals surface area contributed by atoms with E-state index >= 15 is 0 Å². The van der Waals surface area contributed by atoms with Gasteiger partial charge in [0, 0.05) is 24.8 Å². The summed E-state index contributed by atoms with van der Waals surface area (Å²) in [5, 5.41) is 4.31. The number of hydrazone groups is 1. The van der Waals surface area contributed by atoms with E-state index in [0.717, 1.165) is 48.5 Å². The van der Waals surface area contributed by atoms with Gasteiger partial charge in [-0.2, -0.15) is 5.10 Å². The fourth-order valence-corrected chi connectivity index (χ4v) is 2.80. The molecule has 22 heavy (non-hydrogen) atoms.